The lowest BCUT2D eigenvalue weighted by Crippen LogP contribution is -2.26. The van der Waals surface area contributed by atoms with Crippen LogP contribution >= 0.6 is 0 Å². The largest absolute Gasteiger partial charge is 0.486 e. The van der Waals surface area contributed by atoms with Gasteiger partial charge in [0.15, 0.2) is 23.1 Å². The van der Waals surface area contributed by atoms with Crippen LogP contribution in [0.15, 0.2) is 22.7 Å². The van der Waals surface area contributed by atoms with Gasteiger partial charge in [0.05, 0.1) is 0 Å². The summed E-state index contributed by atoms with van der Waals surface area (Å²) in [7, 11) is 0. The predicted molar refractivity (Wildman–Crippen MR) is 101 cm³/mol. The number of hydrogen-bond acceptors (Lipinski definition) is 7. The monoisotopic (exact) mass is 387 g/mol. The maximum absolute atomic E-state index is 12.3. The van der Waals surface area contributed by atoms with Crippen molar-refractivity contribution in [1.82, 2.24) is 15.5 Å². The summed E-state index contributed by atoms with van der Waals surface area (Å²) in [4.78, 5) is 28.6. The lowest BCUT2D eigenvalue weighted by molar-refractivity contribution is -0.121. The zero-order valence-corrected chi connectivity index (χ0v) is 16.4. The quantitative estimate of drug-likeness (QED) is 0.728. The molecule has 1 aliphatic heterocycles. The van der Waals surface area contributed by atoms with Gasteiger partial charge >= 0.3 is 0 Å². The number of ether oxygens (including phenoxy) is 2. The van der Waals surface area contributed by atoms with Crippen LogP contribution in [0.3, 0.4) is 0 Å². The van der Waals surface area contributed by atoms with Crippen molar-refractivity contribution in [1.29, 1.82) is 0 Å². The van der Waals surface area contributed by atoms with Gasteiger partial charge in [-0.05, 0) is 18.2 Å². The Morgan fingerprint density at radius 1 is 1.11 bits per heavy atom. The zero-order valence-electron chi connectivity index (χ0n) is 16.4. The average molecular weight is 387 g/mol. The van der Waals surface area contributed by atoms with E-state index in [4.69, 9.17) is 14.0 Å². The fourth-order valence-corrected chi connectivity index (χ4v) is 2.65. The van der Waals surface area contributed by atoms with Crippen LogP contribution < -0.4 is 14.8 Å². The van der Waals surface area contributed by atoms with Crippen LogP contribution in [0.4, 0.5) is 0 Å². The molecule has 0 spiro atoms. The number of fused-ring (bicyclic) bond motifs is 1. The Morgan fingerprint density at radius 3 is 2.57 bits per heavy atom. The topological polar surface area (TPSA) is 104 Å². The molecule has 0 aliphatic carbocycles. The minimum atomic E-state index is -0.206. The van der Waals surface area contributed by atoms with Crippen LogP contribution in [0.1, 0.15) is 55.7 Å². The Hall–Kier alpha value is -2.90. The molecule has 0 bridgehead atoms. The van der Waals surface area contributed by atoms with Crippen LogP contribution in [-0.4, -0.2) is 41.6 Å². The number of nitrogens with zero attached hydrogens (tertiary/aromatic N) is 2. The molecule has 3 rings (SSSR count). The highest BCUT2D eigenvalue weighted by Gasteiger charge is 2.21. The fraction of sp³-hybridized carbons (Fsp3) is 0.500. The van der Waals surface area contributed by atoms with Crippen LogP contribution in [0.25, 0.3) is 0 Å². The number of rotatable bonds is 7. The third-order valence-electron chi connectivity index (χ3n) is 4.22. The van der Waals surface area contributed by atoms with Gasteiger partial charge in [0.2, 0.25) is 11.8 Å². The number of carbonyl (C=O) groups is 2. The van der Waals surface area contributed by atoms with E-state index in [1.807, 2.05) is 20.8 Å². The highest BCUT2D eigenvalue weighted by atomic mass is 16.6. The van der Waals surface area contributed by atoms with E-state index in [-0.39, 0.29) is 29.9 Å². The summed E-state index contributed by atoms with van der Waals surface area (Å²) < 4.78 is 16.1. The third-order valence-corrected chi connectivity index (χ3v) is 4.22. The Balaban J connectivity index is 1.41. The molecule has 2 aromatic rings. The number of amides is 1. The molecule has 0 unspecified atom stereocenters. The van der Waals surface area contributed by atoms with Gasteiger partial charge in [-0.2, -0.15) is 4.98 Å². The zero-order chi connectivity index (χ0) is 20.1. The number of benzene rings is 1. The maximum Gasteiger partial charge on any atom is 0.232 e. The van der Waals surface area contributed by atoms with Gasteiger partial charge in [0, 0.05) is 36.8 Å². The maximum atomic E-state index is 12.3. The summed E-state index contributed by atoms with van der Waals surface area (Å²) in [6.07, 6.45) is 0.718. The minimum absolute atomic E-state index is 0.111. The number of nitrogens with one attached hydrogen (secondary N) is 1. The van der Waals surface area contributed by atoms with Crippen molar-refractivity contribution in [3.8, 4) is 11.5 Å². The molecular formula is C20H25N3O5. The summed E-state index contributed by atoms with van der Waals surface area (Å²) >= 11 is 0. The van der Waals surface area contributed by atoms with E-state index in [0.717, 1.165) is 0 Å². The molecule has 2 heterocycles. The summed E-state index contributed by atoms with van der Waals surface area (Å²) in [5, 5.41) is 6.69. The molecule has 150 valence electrons. The molecule has 0 saturated carbocycles. The van der Waals surface area contributed by atoms with Crippen LogP contribution in [0.5, 0.6) is 11.5 Å². The van der Waals surface area contributed by atoms with E-state index in [1.165, 1.54) is 0 Å². The molecule has 8 heteroatoms. The van der Waals surface area contributed by atoms with Crippen molar-refractivity contribution < 1.29 is 23.6 Å². The molecule has 1 aromatic carbocycles. The summed E-state index contributed by atoms with van der Waals surface area (Å²) in [6, 6.07) is 5.08. The van der Waals surface area contributed by atoms with Crippen molar-refractivity contribution in [2.24, 2.45) is 0 Å². The molecule has 0 radical (unpaired) electrons. The fourth-order valence-electron chi connectivity index (χ4n) is 2.65. The second-order valence-electron chi connectivity index (χ2n) is 7.65. The molecule has 1 aromatic heterocycles. The van der Waals surface area contributed by atoms with E-state index in [2.05, 4.69) is 15.5 Å². The second kappa shape index (κ2) is 8.41. The second-order valence-corrected chi connectivity index (χ2v) is 7.65. The molecular weight excluding hydrogens is 362 g/mol. The van der Waals surface area contributed by atoms with Gasteiger partial charge in [-0.3, -0.25) is 9.59 Å². The Bertz CT molecular complexity index is 854. The van der Waals surface area contributed by atoms with Crippen LogP contribution in [0.2, 0.25) is 0 Å². The average Bonchev–Trinajstić information content (AvgIpc) is 3.15. The first-order chi connectivity index (χ1) is 13.3. The van der Waals surface area contributed by atoms with Gasteiger partial charge in [0.1, 0.15) is 13.2 Å². The molecule has 0 fully saturated rings. The van der Waals surface area contributed by atoms with Gasteiger partial charge in [-0.15, -0.1) is 0 Å². The Labute approximate surface area is 163 Å². The minimum Gasteiger partial charge on any atom is -0.486 e. The molecule has 8 nitrogen and oxygen atoms in total. The van der Waals surface area contributed by atoms with Gasteiger partial charge in [0.25, 0.3) is 0 Å². The van der Waals surface area contributed by atoms with E-state index >= 15 is 0 Å². The van der Waals surface area contributed by atoms with Crippen molar-refractivity contribution in [2.45, 2.75) is 45.4 Å². The smallest absolute Gasteiger partial charge is 0.232 e. The van der Waals surface area contributed by atoms with Gasteiger partial charge in [-0.1, -0.05) is 25.9 Å². The Kier molecular flexibility index (Phi) is 5.96. The molecule has 0 atom stereocenters. The summed E-state index contributed by atoms with van der Waals surface area (Å²) in [5.41, 5.74) is 0.307. The first kappa shape index (κ1) is 19.9. The van der Waals surface area contributed by atoms with E-state index in [1.54, 1.807) is 18.2 Å². The SMILES string of the molecule is CC(C)(C)c1nc(CCNC(=O)CCC(=O)c2ccc3c(c2)OCCO3)no1. The molecule has 1 N–H and O–H groups in total. The van der Waals surface area contributed by atoms with Crippen LogP contribution in [0, 0.1) is 0 Å². The molecule has 1 amide bonds. The summed E-state index contributed by atoms with van der Waals surface area (Å²) in [6.45, 7) is 7.33. The van der Waals surface area contributed by atoms with Crippen molar-refractivity contribution >= 4 is 11.7 Å². The molecule has 0 saturated heterocycles. The van der Waals surface area contributed by atoms with Gasteiger partial charge in [-0.25, -0.2) is 0 Å². The van der Waals surface area contributed by atoms with E-state index < -0.39 is 0 Å². The Morgan fingerprint density at radius 2 is 1.86 bits per heavy atom. The van der Waals surface area contributed by atoms with Crippen molar-refractivity contribution in [2.75, 3.05) is 19.8 Å². The molecule has 1 aliphatic rings. The van der Waals surface area contributed by atoms with Crippen molar-refractivity contribution in [3.05, 3.63) is 35.5 Å². The first-order valence-corrected chi connectivity index (χ1v) is 9.35. The van der Waals surface area contributed by atoms with Crippen molar-refractivity contribution in [3.63, 3.8) is 0 Å². The number of Topliss-reactive ketones (excluding diaryl/α,β-unsaturated/α-hetero) is 1. The number of hydrogen-bond donors (Lipinski definition) is 1. The number of ketones is 1. The number of carbonyl (C=O) groups excluding carboxylic acids is 2. The molecule has 28 heavy (non-hydrogen) atoms. The normalized spacial score (nSPS) is 13.2. The highest BCUT2D eigenvalue weighted by molar-refractivity contribution is 5.98. The number of aromatic nitrogens is 2. The lowest BCUT2D eigenvalue weighted by Gasteiger charge is -2.18. The van der Waals surface area contributed by atoms with E-state index in [9.17, 15) is 9.59 Å². The predicted octanol–water partition coefficient (Wildman–Crippen LogP) is 2.46. The first-order valence-electron chi connectivity index (χ1n) is 9.35. The lowest BCUT2D eigenvalue weighted by atomic mass is 9.97. The van der Waals surface area contributed by atoms with Gasteiger partial charge < -0.3 is 19.3 Å². The highest BCUT2D eigenvalue weighted by Crippen LogP contribution is 2.31. The van der Waals surface area contributed by atoms with E-state index in [0.29, 0.717) is 55.0 Å². The standard InChI is InChI=1S/C20H25N3O5/c1-20(2,3)19-22-17(23-28-19)8-9-21-18(25)7-5-14(24)13-4-6-15-16(12-13)27-11-10-26-15/h4,6,12H,5,7-11H2,1-3H3,(H,21,25). The van der Waals surface area contributed by atoms with Crippen LogP contribution in [-0.2, 0) is 16.6 Å². The summed E-state index contributed by atoms with van der Waals surface area (Å²) in [5.74, 6) is 2.02. The third kappa shape index (κ3) is 5.09.